The highest BCUT2D eigenvalue weighted by molar-refractivity contribution is 5.81. The number of rotatable bonds is 6. The van der Waals surface area contributed by atoms with E-state index in [-0.39, 0.29) is 24.6 Å². The zero-order valence-corrected chi connectivity index (χ0v) is 9.61. The molecule has 1 aliphatic carbocycles. The second-order valence-electron chi connectivity index (χ2n) is 4.51. The number of ether oxygens (including phenoxy) is 3. The highest BCUT2D eigenvalue weighted by Gasteiger charge is 2.50. The van der Waals surface area contributed by atoms with Gasteiger partial charge in [-0.1, -0.05) is 0 Å². The zero-order chi connectivity index (χ0) is 11.6. The summed E-state index contributed by atoms with van der Waals surface area (Å²) in [7, 11) is 0. The summed E-state index contributed by atoms with van der Waals surface area (Å²) >= 11 is 0. The van der Waals surface area contributed by atoms with Crippen molar-refractivity contribution in [1.82, 2.24) is 0 Å². The third kappa shape index (κ3) is 2.36. The quantitative estimate of drug-likeness (QED) is 0.653. The molecule has 2 aliphatic rings. The molecule has 0 bridgehead atoms. The van der Waals surface area contributed by atoms with Crippen LogP contribution < -0.4 is 5.73 Å². The van der Waals surface area contributed by atoms with E-state index in [9.17, 15) is 4.79 Å². The fourth-order valence-corrected chi connectivity index (χ4v) is 1.77. The SMILES string of the molecule is CCOC(=O)C(N)(COC1COC1)C1CC1. The lowest BCUT2D eigenvalue weighted by molar-refractivity contribution is -0.165. The number of hydrogen-bond acceptors (Lipinski definition) is 5. The van der Waals surface area contributed by atoms with Gasteiger partial charge in [-0.25, -0.2) is 4.79 Å². The van der Waals surface area contributed by atoms with Crippen LogP contribution in [0.3, 0.4) is 0 Å². The fourth-order valence-electron chi connectivity index (χ4n) is 1.77. The molecule has 0 radical (unpaired) electrons. The third-order valence-corrected chi connectivity index (χ3v) is 3.13. The van der Waals surface area contributed by atoms with Crippen molar-refractivity contribution in [2.24, 2.45) is 11.7 Å². The van der Waals surface area contributed by atoms with Gasteiger partial charge in [-0.15, -0.1) is 0 Å². The second-order valence-corrected chi connectivity index (χ2v) is 4.51. The minimum Gasteiger partial charge on any atom is -0.465 e. The van der Waals surface area contributed by atoms with Crippen molar-refractivity contribution in [3.63, 3.8) is 0 Å². The van der Waals surface area contributed by atoms with E-state index >= 15 is 0 Å². The van der Waals surface area contributed by atoms with Gasteiger partial charge in [-0.2, -0.15) is 0 Å². The molecule has 0 aromatic rings. The van der Waals surface area contributed by atoms with Crippen molar-refractivity contribution in [2.45, 2.75) is 31.4 Å². The van der Waals surface area contributed by atoms with Gasteiger partial charge in [0.1, 0.15) is 11.6 Å². The zero-order valence-electron chi connectivity index (χ0n) is 9.61. The Morgan fingerprint density at radius 3 is 2.62 bits per heavy atom. The molecule has 5 heteroatoms. The van der Waals surface area contributed by atoms with Gasteiger partial charge < -0.3 is 19.9 Å². The maximum atomic E-state index is 11.8. The largest absolute Gasteiger partial charge is 0.465 e. The minimum absolute atomic E-state index is 0.0936. The van der Waals surface area contributed by atoms with Crippen LogP contribution >= 0.6 is 0 Å². The molecule has 16 heavy (non-hydrogen) atoms. The summed E-state index contributed by atoms with van der Waals surface area (Å²) in [5.74, 6) is -0.120. The maximum Gasteiger partial charge on any atom is 0.328 e. The molecule has 2 N–H and O–H groups in total. The Hall–Kier alpha value is -0.650. The number of hydrogen-bond donors (Lipinski definition) is 1. The molecule has 1 unspecified atom stereocenters. The Balaban J connectivity index is 1.88. The summed E-state index contributed by atoms with van der Waals surface area (Å²) in [4.78, 5) is 11.8. The van der Waals surface area contributed by atoms with Crippen LogP contribution in [0.15, 0.2) is 0 Å². The van der Waals surface area contributed by atoms with Crippen molar-refractivity contribution in [3.8, 4) is 0 Å². The van der Waals surface area contributed by atoms with Crippen molar-refractivity contribution in [3.05, 3.63) is 0 Å². The van der Waals surface area contributed by atoms with Gasteiger partial charge in [0, 0.05) is 0 Å². The summed E-state index contributed by atoms with van der Waals surface area (Å²) in [5, 5.41) is 0. The van der Waals surface area contributed by atoms with E-state index in [1.807, 2.05) is 0 Å². The Morgan fingerprint density at radius 2 is 2.19 bits per heavy atom. The summed E-state index contributed by atoms with van der Waals surface area (Å²) in [5.41, 5.74) is 5.17. The first-order chi connectivity index (χ1) is 7.66. The van der Waals surface area contributed by atoms with E-state index in [4.69, 9.17) is 19.9 Å². The van der Waals surface area contributed by atoms with E-state index in [0.717, 1.165) is 12.8 Å². The van der Waals surface area contributed by atoms with Crippen LogP contribution in [0.5, 0.6) is 0 Å². The standard InChI is InChI=1S/C11H19NO4/c1-2-15-10(13)11(12,8-3-4-8)7-16-9-5-14-6-9/h8-9H,2-7,12H2,1H3. The van der Waals surface area contributed by atoms with E-state index in [0.29, 0.717) is 19.8 Å². The first kappa shape index (κ1) is 11.8. The predicted molar refractivity (Wildman–Crippen MR) is 56.8 cm³/mol. The maximum absolute atomic E-state index is 11.8. The van der Waals surface area contributed by atoms with Gasteiger partial charge in [-0.3, -0.25) is 0 Å². The Bertz CT molecular complexity index is 263. The van der Waals surface area contributed by atoms with Gasteiger partial charge in [0.05, 0.1) is 26.4 Å². The molecule has 2 fully saturated rings. The third-order valence-electron chi connectivity index (χ3n) is 3.13. The molecule has 92 valence electrons. The average Bonchev–Trinajstić information content (AvgIpc) is 2.98. The van der Waals surface area contributed by atoms with Crippen LogP contribution in [-0.2, 0) is 19.0 Å². The van der Waals surface area contributed by atoms with Gasteiger partial charge in [0.25, 0.3) is 0 Å². The minimum atomic E-state index is -0.953. The lowest BCUT2D eigenvalue weighted by Crippen LogP contribution is -2.56. The van der Waals surface area contributed by atoms with Crippen molar-refractivity contribution < 1.29 is 19.0 Å². The number of carbonyl (C=O) groups excluding carboxylic acids is 1. The second kappa shape index (κ2) is 4.69. The van der Waals surface area contributed by atoms with Gasteiger partial charge in [-0.05, 0) is 25.7 Å². The molecule has 1 heterocycles. The average molecular weight is 229 g/mol. The van der Waals surface area contributed by atoms with Crippen molar-refractivity contribution >= 4 is 5.97 Å². The Labute approximate surface area is 95.2 Å². The molecule has 1 saturated heterocycles. The highest BCUT2D eigenvalue weighted by atomic mass is 16.6. The fraction of sp³-hybridized carbons (Fsp3) is 0.909. The van der Waals surface area contributed by atoms with Crippen LogP contribution in [0.4, 0.5) is 0 Å². The molecular weight excluding hydrogens is 210 g/mol. The van der Waals surface area contributed by atoms with Crippen LogP contribution in [0.25, 0.3) is 0 Å². The lowest BCUT2D eigenvalue weighted by atomic mass is 9.95. The van der Waals surface area contributed by atoms with E-state index in [2.05, 4.69) is 0 Å². The molecule has 5 nitrogen and oxygen atoms in total. The highest BCUT2D eigenvalue weighted by Crippen LogP contribution is 2.39. The molecule has 0 amide bonds. The first-order valence-electron chi connectivity index (χ1n) is 5.82. The number of esters is 1. The van der Waals surface area contributed by atoms with Crippen molar-refractivity contribution in [2.75, 3.05) is 26.4 Å². The molecule has 0 spiro atoms. The van der Waals surface area contributed by atoms with E-state index in [1.165, 1.54) is 0 Å². The van der Waals surface area contributed by atoms with Crippen LogP contribution in [-0.4, -0.2) is 44.0 Å². The van der Waals surface area contributed by atoms with E-state index < -0.39 is 5.54 Å². The van der Waals surface area contributed by atoms with Crippen LogP contribution in [0.1, 0.15) is 19.8 Å². The molecule has 0 aromatic heterocycles. The topological polar surface area (TPSA) is 70.8 Å². The van der Waals surface area contributed by atoms with E-state index in [1.54, 1.807) is 6.92 Å². The number of nitrogens with two attached hydrogens (primary N) is 1. The number of carbonyl (C=O) groups is 1. The molecule has 1 saturated carbocycles. The Morgan fingerprint density at radius 1 is 1.50 bits per heavy atom. The monoisotopic (exact) mass is 229 g/mol. The molecule has 1 aliphatic heterocycles. The summed E-state index contributed by atoms with van der Waals surface area (Å²) < 4.78 is 15.6. The normalized spacial score (nSPS) is 24.6. The summed E-state index contributed by atoms with van der Waals surface area (Å²) in [6.07, 6.45) is 2.07. The summed E-state index contributed by atoms with van der Waals surface area (Å²) in [6, 6.07) is 0. The summed E-state index contributed by atoms with van der Waals surface area (Å²) in [6.45, 7) is 3.58. The van der Waals surface area contributed by atoms with Gasteiger partial charge in [0.2, 0.25) is 0 Å². The van der Waals surface area contributed by atoms with Gasteiger partial charge in [0.15, 0.2) is 0 Å². The lowest BCUT2D eigenvalue weighted by Gasteiger charge is -2.32. The predicted octanol–water partition coefficient (Wildman–Crippen LogP) is 0.0724. The van der Waals surface area contributed by atoms with Gasteiger partial charge >= 0.3 is 5.97 Å². The smallest absolute Gasteiger partial charge is 0.328 e. The van der Waals surface area contributed by atoms with Crippen LogP contribution in [0, 0.1) is 5.92 Å². The molecule has 1 atom stereocenters. The molecule has 0 aromatic carbocycles. The first-order valence-corrected chi connectivity index (χ1v) is 5.82. The Kier molecular flexibility index (Phi) is 3.47. The van der Waals surface area contributed by atoms with Crippen molar-refractivity contribution in [1.29, 1.82) is 0 Å². The van der Waals surface area contributed by atoms with Crippen LogP contribution in [0.2, 0.25) is 0 Å². The molecule has 2 rings (SSSR count). The molecular formula is C11H19NO4.